The zero-order valence-electron chi connectivity index (χ0n) is 20.7. The fourth-order valence-electron chi connectivity index (χ4n) is 4.93. The molecule has 0 radical (unpaired) electrons. The van der Waals surface area contributed by atoms with Gasteiger partial charge >= 0.3 is 0 Å². The SMILES string of the molecule is Cc1onc(C(C)C)c1C(=O)N1CCCC(COc2cccc(Cl)c2)(CC(=O)N2CCOCC2)C1. The normalized spacial score (nSPS) is 20.8. The summed E-state index contributed by atoms with van der Waals surface area (Å²) in [6.07, 6.45) is 1.87. The molecule has 0 N–H and O–H groups in total. The first-order valence-electron chi connectivity index (χ1n) is 12.3. The van der Waals surface area contributed by atoms with Crippen molar-refractivity contribution in [1.82, 2.24) is 15.0 Å². The van der Waals surface area contributed by atoms with Crippen LogP contribution in [0.1, 0.15) is 60.8 Å². The highest BCUT2D eigenvalue weighted by Gasteiger charge is 2.42. The summed E-state index contributed by atoms with van der Waals surface area (Å²) < 4.78 is 17.0. The van der Waals surface area contributed by atoms with E-state index in [0.717, 1.165) is 12.8 Å². The van der Waals surface area contributed by atoms with Gasteiger partial charge in [0.25, 0.3) is 5.91 Å². The highest BCUT2D eigenvalue weighted by atomic mass is 35.5. The maximum absolute atomic E-state index is 13.7. The molecule has 2 aliphatic rings. The molecule has 9 heteroatoms. The molecule has 2 saturated heterocycles. The van der Waals surface area contributed by atoms with Crippen LogP contribution in [0.15, 0.2) is 28.8 Å². The molecule has 35 heavy (non-hydrogen) atoms. The van der Waals surface area contributed by atoms with Gasteiger partial charge in [0.15, 0.2) is 0 Å². The number of piperidine rings is 1. The van der Waals surface area contributed by atoms with Gasteiger partial charge in [-0.05, 0) is 43.9 Å². The largest absolute Gasteiger partial charge is 0.493 e. The van der Waals surface area contributed by atoms with Crippen molar-refractivity contribution in [2.45, 2.75) is 46.0 Å². The topological polar surface area (TPSA) is 85.1 Å². The molecule has 2 aliphatic heterocycles. The molecule has 0 saturated carbocycles. The second kappa shape index (κ2) is 11.0. The van der Waals surface area contributed by atoms with Gasteiger partial charge < -0.3 is 23.8 Å². The lowest BCUT2D eigenvalue weighted by atomic mass is 9.77. The summed E-state index contributed by atoms with van der Waals surface area (Å²) >= 11 is 6.14. The molecule has 3 heterocycles. The van der Waals surface area contributed by atoms with Gasteiger partial charge in [-0.1, -0.05) is 36.7 Å². The molecule has 0 spiro atoms. The Hall–Kier alpha value is -2.58. The standard InChI is InChI=1S/C26H34ClN3O5/c1-18(2)24-23(19(3)35-28-24)25(32)30-9-5-8-26(16-30,15-22(31)29-10-12-33-13-11-29)17-34-21-7-4-6-20(27)14-21/h4,6-7,14,18H,5,8-13,15-17H2,1-3H3. The van der Waals surface area contributed by atoms with E-state index in [-0.39, 0.29) is 17.7 Å². The van der Waals surface area contributed by atoms with Crippen LogP contribution in [0.4, 0.5) is 0 Å². The molecule has 0 bridgehead atoms. The van der Waals surface area contributed by atoms with Crippen molar-refractivity contribution in [2.24, 2.45) is 5.41 Å². The fraction of sp³-hybridized carbons (Fsp3) is 0.577. The van der Waals surface area contributed by atoms with E-state index >= 15 is 0 Å². The molecule has 8 nitrogen and oxygen atoms in total. The van der Waals surface area contributed by atoms with Crippen molar-refractivity contribution in [1.29, 1.82) is 0 Å². The maximum Gasteiger partial charge on any atom is 0.259 e. The summed E-state index contributed by atoms with van der Waals surface area (Å²) in [6, 6.07) is 7.24. The molecule has 1 unspecified atom stereocenters. The number of benzene rings is 1. The first kappa shape index (κ1) is 25.5. The van der Waals surface area contributed by atoms with Crippen LogP contribution in [0.5, 0.6) is 5.75 Å². The maximum atomic E-state index is 13.7. The number of carbonyl (C=O) groups excluding carboxylic acids is 2. The minimum absolute atomic E-state index is 0.0648. The zero-order valence-corrected chi connectivity index (χ0v) is 21.5. The van der Waals surface area contributed by atoms with E-state index in [2.05, 4.69) is 5.16 Å². The second-order valence-electron chi connectivity index (χ2n) is 9.90. The smallest absolute Gasteiger partial charge is 0.259 e. The molecule has 1 aromatic carbocycles. The molecule has 4 rings (SSSR count). The Morgan fingerprint density at radius 3 is 2.69 bits per heavy atom. The number of aromatic nitrogens is 1. The molecule has 1 aromatic heterocycles. The number of rotatable bonds is 7. The first-order valence-corrected chi connectivity index (χ1v) is 12.7. The Morgan fingerprint density at radius 2 is 1.97 bits per heavy atom. The summed E-state index contributed by atoms with van der Waals surface area (Å²) in [5, 5.41) is 4.72. The summed E-state index contributed by atoms with van der Waals surface area (Å²) in [5.41, 5.74) is 0.684. The van der Waals surface area contributed by atoms with Crippen LogP contribution in [0, 0.1) is 12.3 Å². The number of aryl methyl sites for hydroxylation is 1. The highest BCUT2D eigenvalue weighted by Crippen LogP contribution is 2.37. The van der Waals surface area contributed by atoms with Crippen LogP contribution in [0.3, 0.4) is 0 Å². The number of likely N-dealkylation sites (tertiary alicyclic amines) is 1. The number of carbonyl (C=O) groups is 2. The average molecular weight is 504 g/mol. The molecule has 2 aromatic rings. The Bertz CT molecular complexity index is 1050. The number of hydrogen-bond acceptors (Lipinski definition) is 6. The van der Waals surface area contributed by atoms with E-state index in [9.17, 15) is 9.59 Å². The van der Waals surface area contributed by atoms with Crippen molar-refractivity contribution >= 4 is 23.4 Å². The van der Waals surface area contributed by atoms with E-state index < -0.39 is 5.41 Å². The monoisotopic (exact) mass is 503 g/mol. The number of amides is 2. The van der Waals surface area contributed by atoms with Crippen LogP contribution in [0.25, 0.3) is 0 Å². The van der Waals surface area contributed by atoms with Crippen LogP contribution in [-0.2, 0) is 9.53 Å². The molecule has 190 valence electrons. The first-order chi connectivity index (χ1) is 16.8. The lowest BCUT2D eigenvalue weighted by Gasteiger charge is -2.43. The lowest BCUT2D eigenvalue weighted by molar-refractivity contribution is -0.139. The summed E-state index contributed by atoms with van der Waals surface area (Å²) in [7, 11) is 0. The van der Waals surface area contributed by atoms with Crippen molar-refractivity contribution in [3.05, 3.63) is 46.3 Å². The number of ether oxygens (including phenoxy) is 2. The third kappa shape index (κ3) is 5.98. The molecule has 2 fully saturated rings. The Morgan fingerprint density at radius 1 is 1.20 bits per heavy atom. The quantitative estimate of drug-likeness (QED) is 0.559. The van der Waals surface area contributed by atoms with Gasteiger partial charge in [0.1, 0.15) is 17.1 Å². The van der Waals surface area contributed by atoms with Crippen LogP contribution >= 0.6 is 11.6 Å². The van der Waals surface area contributed by atoms with E-state index in [4.69, 9.17) is 25.6 Å². The van der Waals surface area contributed by atoms with Crippen LogP contribution < -0.4 is 4.74 Å². The Kier molecular flexibility index (Phi) is 8.02. The van der Waals surface area contributed by atoms with Crippen LogP contribution in [-0.4, -0.2) is 72.8 Å². The van der Waals surface area contributed by atoms with Crippen molar-refractivity contribution < 1.29 is 23.6 Å². The number of hydrogen-bond donors (Lipinski definition) is 0. The van der Waals surface area contributed by atoms with E-state index in [1.54, 1.807) is 19.1 Å². The van der Waals surface area contributed by atoms with E-state index in [1.807, 2.05) is 35.8 Å². The minimum Gasteiger partial charge on any atom is -0.493 e. The highest BCUT2D eigenvalue weighted by molar-refractivity contribution is 6.30. The summed E-state index contributed by atoms with van der Waals surface area (Å²) in [6.45, 7) is 9.38. The number of halogens is 1. The second-order valence-corrected chi connectivity index (χ2v) is 10.3. The van der Waals surface area contributed by atoms with Gasteiger partial charge in [0.2, 0.25) is 5.91 Å². The molecule has 2 amide bonds. The third-order valence-electron chi connectivity index (χ3n) is 6.83. The van der Waals surface area contributed by atoms with Crippen LogP contribution in [0.2, 0.25) is 5.02 Å². The Balaban J connectivity index is 1.57. The van der Waals surface area contributed by atoms with E-state index in [0.29, 0.717) is 80.2 Å². The lowest BCUT2D eigenvalue weighted by Crippen LogP contribution is -2.52. The van der Waals surface area contributed by atoms with Gasteiger partial charge in [-0.2, -0.15) is 0 Å². The Labute approximate surface area is 211 Å². The van der Waals surface area contributed by atoms with Gasteiger partial charge in [-0.15, -0.1) is 0 Å². The molecule has 1 atom stereocenters. The van der Waals surface area contributed by atoms with Gasteiger partial charge in [0.05, 0.1) is 25.5 Å². The zero-order chi connectivity index (χ0) is 25.0. The predicted molar refractivity (Wildman–Crippen MR) is 132 cm³/mol. The fourth-order valence-corrected chi connectivity index (χ4v) is 5.11. The summed E-state index contributed by atoms with van der Waals surface area (Å²) in [5.74, 6) is 1.21. The molecular formula is C26H34ClN3O5. The van der Waals surface area contributed by atoms with Gasteiger partial charge in [-0.3, -0.25) is 9.59 Å². The summed E-state index contributed by atoms with van der Waals surface area (Å²) in [4.78, 5) is 30.7. The molecule has 0 aliphatic carbocycles. The average Bonchev–Trinajstić information content (AvgIpc) is 3.25. The van der Waals surface area contributed by atoms with Crippen molar-refractivity contribution in [3.8, 4) is 5.75 Å². The van der Waals surface area contributed by atoms with Gasteiger partial charge in [-0.25, -0.2) is 0 Å². The van der Waals surface area contributed by atoms with Crippen molar-refractivity contribution in [2.75, 3.05) is 46.0 Å². The third-order valence-corrected chi connectivity index (χ3v) is 7.06. The minimum atomic E-state index is -0.519. The number of nitrogens with zero attached hydrogens (tertiary/aromatic N) is 3. The molecular weight excluding hydrogens is 470 g/mol. The predicted octanol–water partition coefficient (Wildman–Crippen LogP) is 4.31. The van der Waals surface area contributed by atoms with E-state index in [1.165, 1.54) is 0 Å². The number of morpholine rings is 1. The van der Waals surface area contributed by atoms with Gasteiger partial charge in [0, 0.05) is 43.0 Å². The van der Waals surface area contributed by atoms with Crippen molar-refractivity contribution in [3.63, 3.8) is 0 Å².